The number of aliphatic hydroxyl groups excluding tert-OH is 1. The van der Waals surface area contributed by atoms with E-state index in [0.29, 0.717) is 11.1 Å². The molecule has 1 aliphatic rings. The maximum absolute atomic E-state index is 10.2. The molecular weight excluding hydrogens is 274 g/mol. The predicted octanol–water partition coefficient (Wildman–Crippen LogP) is 3.26. The lowest BCUT2D eigenvalue weighted by molar-refractivity contribution is 0.0112. The van der Waals surface area contributed by atoms with Crippen molar-refractivity contribution in [3.8, 4) is 0 Å². The second-order valence-corrected chi connectivity index (χ2v) is 5.79. The van der Waals surface area contributed by atoms with E-state index in [4.69, 9.17) is 16.3 Å². The van der Waals surface area contributed by atoms with Gasteiger partial charge >= 0.3 is 0 Å². The van der Waals surface area contributed by atoms with Crippen molar-refractivity contribution < 1.29 is 9.84 Å². The summed E-state index contributed by atoms with van der Waals surface area (Å²) in [6, 6.07) is 7.45. The molecule has 0 saturated carbocycles. The summed E-state index contributed by atoms with van der Waals surface area (Å²) in [4.78, 5) is 2.41. The smallest absolute Gasteiger partial charge is 0.0802 e. The Labute approximate surface area is 126 Å². The topological polar surface area (TPSA) is 32.7 Å². The summed E-state index contributed by atoms with van der Waals surface area (Å²) >= 11 is 5.85. The van der Waals surface area contributed by atoms with Gasteiger partial charge in [-0.2, -0.15) is 0 Å². The van der Waals surface area contributed by atoms with Gasteiger partial charge in [0.15, 0.2) is 0 Å². The molecule has 0 spiro atoms. The van der Waals surface area contributed by atoms with E-state index in [9.17, 15) is 5.11 Å². The normalized spacial score (nSPS) is 19.1. The molecule has 1 N–H and O–H groups in total. The van der Waals surface area contributed by atoms with Gasteiger partial charge in [-0.25, -0.2) is 0 Å². The zero-order valence-corrected chi connectivity index (χ0v) is 12.9. The molecule has 1 aromatic rings. The van der Waals surface area contributed by atoms with Crippen LogP contribution in [0.4, 0.5) is 0 Å². The number of aliphatic hydroxyl groups is 1. The first-order valence-electron chi connectivity index (χ1n) is 7.46. The molecule has 20 heavy (non-hydrogen) atoms. The Hall–Kier alpha value is -0.610. The summed E-state index contributed by atoms with van der Waals surface area (Å²) in [5.74, 6) is 0. The fourth-order valence-electron chi connectivity index (χ4n) is 2.69. The van der Waals surface area contributed by atoms with Crippen LogP contribution in [0.25, 0.3) is 0 Å². The molecule has 3 nitrogen and oxygen atoms in total. The Bertz CT molecular complexity index is 388. The number of piperidine rings is 1. The van der Waals surface area contributed by atoms with E-state index in [2.05, 4.69) is 11.8 Å². The van der Waals surface area contributed by atoms with Gasteiger partial charge in [-0.3, -0.25) is 0 Å². The van der Waals surface area contributed by atoms with Gasteiger partial charge < -0.3 is 14.7 Å². The SMILES string of the molecule is CCOC1CCN(CCC(O)c2ccc(Cl)cc2)CC1. The molecule has 4 heteroatoms. The highest BCUT2D eigenvalue weighted by molar-refractivity contribution is 6.30. The third-order valence-corrected chi connectivity index (χ3v) is 4.16. The van der Waals surface area contributed by atoms with Crippen LogP contribution in [0, 0.1) is 0 Å². The highest BCUT2D eigenvalue weighted by atomic mass is 35.5. The van der Waals surface area contributed by atoms with Crippen LogP contribution in [0.3, 0.4) is 0 Å². The van der Waals surface area contributed by atoms with Gasteiger partial charge in [0.25, 0.3) is 0 Å². The number of benzene rings is 1. The van der Waals surface area contributed by atoms with Crippen LogP contribution in [0.5, 0.6) is 0 Å². The minimum absolute atomic E-state index is 0.406. The van der Waals surface area contributed by atoms with Gasteiger partial charge in [-0.15, -0.1) is 0 Å². The molecule has 2 rings (SSSR count). The molecule has 112 valence electrons. The fraction of sp³-hybridized carbons (Fsp3) is 0.625. The van der Waals surface area contributed by atoms with Gasteiger partial charge in [-0.05, 0) is 43.9 Å². The maximum Gasteiger partial charge on any atom is 0.0802 e. The largest absolute Gasteiger partial charge is 0.388 e. The molecule has 0 aromatic heterocycles. The number of hydrogen-bond donors (Lipinski definition) is 1. The number of halogens is 1. The van der Waals surface area contributed by atoms with E-state index >= 15 is 0 Å². The van der Waals surface area contributed by atoms with E-state index in [-0.39, 0.29) is 0 Å². The van der Waals surface area contributed by atoms with Gasteiger partial charge in [0.2, 0.25) is 0 Å². The monoisotopic (exact) mass is 297 g/mol. The Morgan fingerprint density at radius 3 is 2.55 bits per heavy atom. The quantitative estimate of drug-likeness (QED) is 0.875. The van der Waals surface area contributed by atoms with Crippen molar-refractivity contribution in [3.63, 3.8) is 0 Å². The summed E-state index contributed by atoms with van der Waals surface area (Å²) in [6.07, 6.45) is 2.99. The van der Waals surface area contributed by atoms with Gasteiger partial charge in [0.1, 0.15) is 0 Å². The zero-order valence-electron chi connectivity index (χ0n) is 12.1. The molecule has 1 unspecified atom stereocenters. The van der Waals surface area contributed by atoms with E-state index in [1.54, 1.807) is 0 Å². The second-order valence-electron chi connectivity index (χ2n) is 5.35. The van der Waals surface area contributed by atoms with E-state index < -0.39 is 6.10 Å². The third kappa shape index (κ3) is 4.74. The van der Waals surface area contributed by atoms with Gasteiger partial charge in [-0.1, -0.05) is 23.7 Å². The number of ether oxygens (including phenoxy) is 1. The second kappa shape index (κ2) is 7.99. The van der Waals surface area contributed by atoms with E-state index in [1.807, 2.05) is 24.3 Å². The van der Waals surface area contributed by atoms with Crippen molar-refractivity contribution in [1.29, 1.82) is 0 Å². The van der Waals surface area contributed by atoms with E-state index in [0.717, 1.165) is 51.1 Å². The average molecular weight is 298 g/mol. The lowest BCUT2D eigenvalue weighted by Gasteiger charge is -2.32. The molecular formula is C16H24ClNO2. The molecule has 1 saturated heterocycles. The van der Waals surface area contributed by atoms with Crippen LogP contribution in [0.1, 0.15) is 37.9 Å². The summed E-state index contributed by atoms with van der Waals surface area (Å²) in [5, 5.41) is 10.9. The Morgan fingerprint density at radius 1 is 1.30 bits per heavy atom. The summed E-state index contributed by atoms with van der Waals surface area (Å²) < 4.78 is 5.65. The highest BCUT2D eigenvalue weighted by Gasteiger charge is 2.19. The van der Waals surface area contributed by atoms with Crippen LogP contribution in [0.2, 0.25) is 5.02 Å². The van der Waals surface area contributed by atoms with Crippen LogP contribution >= 0.6 is 11.6 Å². The summed E-state index contributed by atoms with van der Waals surface area (Å²) in [5.41, 5.74) is 0.943. The van der Waals surface area contributed by atoms with Crippen LogP contribution in [-0.2, 0) is 4.74 Å². The number of rotatable bonds is 6. The Kier molecular flexibility index (Phi) is 6.30. The predicted molar refractivity (Wildman–Crippen MR) is 82.1 cm³/mol. The molecule has 0 amide bonds. The maximum atomic E-state index is 10.2. The molecule has 0 radical (unpaired) electrons. The Balaban J connectivity index is 1.71. The standard InChI is InChI=1S/C16H24ClNO2/c1-2-20-15-7-10-18(11-8-15)12-9-16(19)13-3-5-14(17)6-4-13/h3-6,15-16,19H,2,7-12H2,1H3. The number of likely N-dealkylation sites (tertiary alicyclic amines) is 1. The first kappa shape index (κ1) is 15.8. The summed E-state index contributed by atoms with van der Waals surface area (Å²) in [6.45, 7) is 5.92. The minimum Gasteiger partial charge on any atom is -0.388 e. The first-order valence-corrected chi connectivity index (χ1v) is 7.84. The van der Waals surface area contributed by atoms with Crippen molar-refractivity contribution in [2.45, 2.75) is 38.4 Å². The number of nitrogens with zero attached hydrogens (tertiary/aromatic N) is 1. The van der Waals surface area contributed by atoms with Crippen LogP contribution in [-0.4, -0.2) is 42.4 Å². The third-order valence-electron chi connectivity index (χ3n) is 3.91. The van der Waals surface area contributed by atoms with Crippen LogP contribution in [0.15, 0.2) is 24.3 Å². The fourth-order valence-corrected chi connectivity index (χ4v) is 2.82. The molecule has 1 aliphatic heterocycles. The van der Waals surface area contributed by atoms with Gasteiger partial charge in [0, 0.05) is 31.3 Å². The van der Waals surface area contributed by atoms with Gasteiger partial charge in [0.05, 0.1) is 12.2 Å². The average Bonchev–Trinajstić information content (AvgIpc) is 2.47. The molecule has 1 atom stereocenters. The van der Waals surface area contributed by atoms with Crippen molar-refractivity contribution in [2.75, 3.05) is 26.2 Å². The van der Waals surface area contributed by atoms with Crippen molar-refractivity contribution in [3.05, 3.63) is 34.9 Å². The van der Waals surface area contributed by atoms with Crippen molar-refractivity contribution in [1.82, 2.24) is 4.90 Å². The lowest BCUT2D eigenvalue weighted by atomic mass is 10.0. The molecule has 1 aromatic carbocycles. The molecule has 1 fully saturated rings. The van der Waals surface area contributed by atoms with Crippen LogP contribution < -0.4 is 0 Å². The van der Waals surface area contributed by atoms with Crippen molar-refractivity contribution >= 4 is 11.6 Å². The summed E-state index contributed by atoms with van der Waals surface area (Å²) in [7, 11) is 0. The molecule has 0 bridgehead atoms. The van der Waals surface area contributed by atoms with E-state index in [1.165, 1.54) is 0 Å². The zero-order chi connectivity index (χ0) is 14.4. The highest BCUT2D eigenvalue weighted by Crippen LogP contribution is 2.21. The number of hydrogen-bond acceptors (Lipinski definition) is 3. The lowest BCUT2D eigenvalue weighted by Crippen LogP contribution is -2.37. The Morgan fingerprint density at radius 2 is 1.95 bits per heavy atom. The first-order chi connectivity index (χ1) is 9.69. The molecule has 1 heterocycles. The molecule has 0 aliphatic carbocycles. The van der Waals surface area contributed by atoms with Crippen molar-refractivity contribution in [2.24, 2.45) is 0 Å². The minimum atomic E-state index is -0.406.